The van der Waals surface area contributed by atoms with E-state index in [2.05, 4.69) is 23.5 Å². The van der Waals surface area contributed by atoms with Crippen LogP contribution in [-0.2, 0) is 0 Å². The highest BCUT2D eigenvalue weighted by molar-refractivity contribution is 6.12. The molecular weight excluding hydrogens is 77.5 g/mol. The molecule has 0 aromatic rings. The number of hydrogen-bond acceptors (Lipinski definition) is 3. The molecule has 0 atom stereocenters. The highest BCUT2D eigenvalue weighted by Crippen LogP contribution is 1.58. The number of hydrazine groups is 2. The van der Waals surface area contributed by atoms with Crippen molar-refractivity contribution in [2.45, 2.75) is 0 Å². The van der Waals surface area contributed by atoms with E-state index in [0.717, 1.165) is 0 Å². The predicted molar refractivity (Wildman–Crippen MR) is 16.1 cm³/mol. The Labute approximate surface area is 29.2 Å². The van der Waals surface area contributed by atoms with E-state index in [1.807, 2.05) is 0 Å². The van der Waals surface area contributed by atoms with Crippen LogP contribution in [0.1, 0.15) is 0 Å². The topological polar surface area (TPSA) is 55.3 Å². The summed E-state index contributed by atoms with van der Waals surface area (Å²) in [4.78, 5) is 0. The first-order valence-corrected chi connectivity index (χ1v) is 1.02. The monoisotopic (exact) mass is 81.0 g/mol. The molecule has 26 valence electrons. The molecule has 0 aromatic carbocycles. The van der Waals surface area contributed by atoms with Crippen molar-refractivity contribution in [1.82, 2.24) is 4.64 Å². The molecule has 0 spiro atoms. The average Bonchev–Trinajstić information content (AvgIpc) is 0.811. The fourth-order valence-electron chi connectivity index (χ4n) is 0. The Kier molecular flexibility index (Phi) is 1.55. The summed E-state index contributed by atoms with van der Waals surface area (Å²) in [5.41, 5.74) is 0. The number of nitrogens with two attached hydrogens (primary N) is 2. The molecule has 0 aliphatic heterocycles. The maximum atomic E-state index is 4.66. The lowest BCUT2D eigenvalue weighted by Crippen LogP contribution is -2.26. The van der Waals surface area contributed by atoms with E-state index in [1.54, 1.807) is 0 Å². The highest BCUT2D eigenvalue weighted by atomic mass is 35.5. The van der Waals surface area contributed by atoms with Gasteiger partial charge in [0.2, 0.25) is 0 Å². The first-order chi connectivity index (χ1) is 1.73. The maximum Gasteiger partial charge on any atom is 0.0116 e. The first kappa shape index (κ1) is 4.17. The van der Waals surface area contributed by atoms with E-state index in [9.17, 15) is 0 Å². The summed E-state index contributed by atoms with van der Waals surface area (Å²) in [6, 6.07) is 0. The molecule has 0 saturated heterocycles. The minimum atomic E-state index is 0.472. The molecule has 0 bridgehead atoms. The van der Waals surface area contributed by atoms with E-state index >= 15 is 0 Å². The SMILES string of the molecule is NN(N)Cl. The van der Waals surface area contributed by atoms with Crippen molar-refractivity contribution in [3.05, 3.63) is 0 Å². The first-order valence-electron chi connectivity index (χ1n) is 0.685. The van der Waals surface area contributed by atoms with Crippen molar-refractivity contribution in [2.75, 3.05) is 0 Å². The Hall–Kier alpha value is 0.170. The van der Waals surface area contributed by atoms with Gasteiger partial charge in [-0.3, -0.25) is 0 Å². The van der Waals surface area contributed by atoms with Crippen molar-refractivity contribution < 1.29 is 0 Å². The third kappa shape index (κ3) is 103. The Bertz CT molecular complexity index is 8.00. The summed E-state index contributed by atoms with van der Waals surface area (Å²) in [6.45, 7) is 0. The second kappa shape index (κ2) is 1.49. The van der Waals surface area contributed by atoms with Crippen molar-refractivity contribution in [3.8, 4) is 0 Å². The van der Waals surface area contributed by atoms with Gasteiger partial charge in [-0.05, 0) is 0 Å². The van der Waals surface area contributed by atoms with Gasteiger partial charge in [0.1, 0.15) is 0 Å². The van der Waals surface area contributed by atoms with Gasteiger partial charge in [0.15, 0.2) is 0 Å². The van der Waals surface area contributed by atoms with E-state index in [4.69, 9.17) is 0 Å². The molecule has 0 amide bonds. The Morgan fingerprint density at radius 3 is 1.50 bits per heavy atom. The lowest BCUT2D eigenvalue weighted by molar-refractivity contribution is 0.511. The maximum absolute atomic E-state index is 4.66. The largest absolute Gasteiger partial charge is 0.240 e. The summed E-state index contributed by atoms with van der Waals surface area (Å²) in [5, 5.41) is 0. The number of hydrogen-bond donors (Lipinski definition) is 2. The van der Waals surface area contributed by atoms with Crippen molar-refractivity contribution in [1.29, 1.82) is 0 Å². The Morgan fingerprint density at radius 1 is 1.50 bits per heavy atom. The third-order valence-electron chi connectivity index (χ3n) is 0. The summed E-state index contributed by atoms with van der Waals surface area (Å²) in [5.74, 6) is 8.98. The fraction of sp³-hybridized carbons (Fsp3) is 0. The van der Waals surface area contributed by atoms with Gasteiger partial charge in [-0.15, -0.1) is 0 Å². The number of rotatable bonds is 0. The van der Waals surface area contributed by atoms with Crippen LogP contribution >= 0.6 is 11.8 Å². The van der Waals surface area contributed by atoms with Crippen LogP contribution in [0, 0.1) is 0 Å². The minimum Gasteiger partial charge on any atom is -0.240 e. The standard InChI is InChI=1S/ClH4N3/c1-4(2)3/h2-3H2. The van der Waals surface area contributed by atoms with Crippen LogP contribution in [0.4, 0.5) is 0 Å². The van der Waals surface area contributed by atoms with Gasteiger partial charge in [-0.2, -0.15) is 0 Å². The van der Waals surface area contributed by atoms with E-state index in [-0.39, 0.29) is 0 Å². The zero-order chi connectivity index (χ0) is 3.58. The molecule has 4 N–H and O–H groups in total. The zero-order valence-corrected chi connectivity index (χ0v) is 2.74. The molecule has 0 heterocycles. The predicted octanol–water partition coefficient (Wildman–Crippen LogP) is -0.810. The molecule has 0 aliphatic rings. The van der Waals surface area contributed by atoms with E-state index in [0.29, 0.717) is 4.64 Å². The van der Waals surface area contributed by atoms with Gasteiger partial charge in [-0.25, -0.2) is 11.7 Å². The minimum absolute atomic E-state index is 0.472. The molecule has 0 radical (unpaired) electrons. The van der Waals surface area contributed by atoms with Crippen LogP contribution in [-0.4, -0.2) is 4.64 Å². The molecule has 0 aliphatic carbocycles. The highest BCUT2D eigenvalue weighted by Gasteiger charge is 1.61. The Morgan fingerprint density at radius 2 is 1.50 bits per heavy atom. The molecule has 3 nitrogen and oxygen atoms in total. The smallest absolute Gasteiger partial charge is 0.0116 e. The molecule has 0 rings (SSSR count). The molecule has 4 heteroatoms. The molecule has 0 unspecified atom stereocenters. The third-order valence-corrected chi connectivity index (χ3v) is 0. The molecule has 0 aromatic heterocycles. The van der Waals surface area contributed by atoms with Crippen LogP contribution in [0.15, 0.2) is 0 Å². The molecular formula is H4ClN3. The average molecular weight is 81.5 g/mol. The molecule has 4 heavy (non-hydrogen) atoms. The van der Waals surface area contributed by atoms with Gasteiger partial charge in [0.25, 0.3) is 0 Å². The van der Waals surface area contributed by atoms with Crippen molar-refractivity contribution in [2.24, 2.45) is 11.7 Å². The number of halogens is 1. The van der Waals surface area contributed by atoms with Crippen LogP contribution in [0.3, 0.4) is 0 Å². The summed E-state index contributed by atoms with van der Waals surface area (Å²) in [7, 11) is 0. The van der Waals surface area contributed by atoms with E-state index in [1.165, 1.54) is 0 Å². The van der Waals surface area contributed by atoms with Crippen LogP contribution in [0.25, 0.3) is 0 Å². The molecule has 0 fully saturated rings. The summed E-state index contributed by atoms with van der Waals surface area (Å²) >= 11 is 4.66. The lowest BCUT2D eigenvalue weighted by Gasteiger charge is -1.86. The van der Waals surface area contributed by atoms with Gasteiger partial charge >= 0.3 is 0 Å². The van der Waals surface area contributed by atoms with Crippen molar-refractivity contribution >= 4 is 11.8 Å². The van der Waals surface area contributed by atoms with Crippen LogP contribution in [0.2, 0.25) is 0 Å². The van der Waals surface area contributed by atoms with Crippen LogP contribution < -0.4 is 11.7 Å². The van der Waals surface area contributed by atoms with Gasteiger partial charge in [0.05, 0.1) is 0 Å². The number of nitrogens with zero attached hydrogens (tertiary/aromatic N) is 1. The second-order valence-corrected chi connectivity index (χ2v) is 0.735. The normalized spacial score (nSPS) is 9.00. The Balaban J connectivity index is 2.32. The van der Waals surface area contributed by atoms with Crippen LogP contribution in [0.5, 0.6) is 0 Å². The van der Waals surface area contributed by atoms with E-state index < -0.39 is 0 Å². The fourth-order valence-corrected chi connectivity index (χ4v) is 0. The van der Waals surface area contributed by atoms with Crippen molar-refractivity contribution in [3.63, 3.8) is 0 Å². The van der Waals surface area contributed by atoms with Gasteiger partial charge in [-0.1, -0.05) is 4.64 Å². The summed E-state index contributed by atoms with van der Waals surface area (Å²) < 4.78 is 0.472. The second-order valence-electron chi connectivity index (χ2n) is 0.344. The summed E-state index contributed by atoms with van der Waals surface area (Å²) in [6.07, 6.45) is 0. The quantitative estimate of drug-likeness (QED) is 0.228. The lowest BCUT2D eigenvalue weighted by atomic mass is 12.6. The van der Waals surface area contributed by atoms with Gasteiger partial charge < -0.3 is 0 Å². The zero-order valence-electron chi connectivity index (χ0n) is 1.98. The molecule has 0 saturated carbocycles. The van der Waals surface area contributed by atoms with Gasteiger partial charge in [0, 0.05) is 11.8 Å².